The largest absolute Gasteiger partial charge is 0.361 e. The summed E-state index contributed by atoms with van der Waals surface area (Å²) in [6.07, 6.45) is 3.55. The topological polar surface area (TPSA) is 75.9 Å². The molecule has 0 radical (unpaired) electrons. The minimum Gasteiger partial charge on any atom is -0.361 e. The first-order chi connectivity index (χ1) is 14.8. The van der Waals surface area contributed by atoms with Crippen LogP contribution in [-0.2, 0) is 20.9 Å². The molecule has 2 bridgehead atoms. The molecule has 1 spiro atoms. The van der Waals surface area contributed by atoms with Crippen LogP contribution in [-0.4, -0.2) is 47.2 Å². The third kappa shape index (κ3) is 3.10. The van der Waals surface area contributed by atoms with Gasteiger partial charge in [0.2, 0.25) is 11.8 Å². The normalized spacial score (nSPS) is 28.6. The quantitative estimate of drug-likeness (QED) is 0.694. The summed E-state index contributed by atoms with van der Waals surface area (Å²) in [6.45, 7) is 6.86. The zero-order valence-electron chi connectivity index (χ0n) is 18.2. The molecule has 7 heteroatoms. The van der Waals surface area contributed by atoms with Crippen LogP contribution in [0.2, 0.25) is 0 Å². The summed E-state index contributed by atoms with van der Waals surface area (Å²) in [4.78, 5) is 30.3. The summed E-state index contributed by atoms with van der Waals surface area (Å²) in [5, 5.41) is 3.97. The van der Waals surface area contributed by atoms with Crippen LogP contribution < -0.4 is 4.90 Å². The number of carbonyl (C=O) groups excluding carboxylic acids is 2. The van der Waals surface area contributed by atoms with Crippen molar-refractivity contribution in [3.05, 3.63) is 59.5 Å². The standard InChI is InChI=1S/C24H27N3O4/c1-14(2)16-5-7-18(8-6-16)27-13-24-10-9-19(30-24)20(21(24)23(27)29)22(28)26(4)12-17-11-15(3)31-25-17/h5-11,14,19-21H,12-13H2,1-4H3/t19-,20?,21?,24-/m1/s1. The van der Waals surface area contributed by atoms with E-state index in [0.29, 0.717) is 30.5 Å². The summed E-state index contributed by atoms with van der Waals surface area (Å²) in [7, 11) is 1.73. The van der Waals surface area contributed by atoms with Crippen molar-refractivity contribution in [2.45, 2.75) is 44.9 Å². The molecule has 2 fully saturated rings. The zero-order valence-corrected chi connectivity index (χ0v) is 18.2. The number of anilines is 1. The average Bonchev–Trinajstić information content (AvgIpc) is 3.49. The lowest BCUT2D eigenvalue weighted by Crippen LogP contribution is -2.44. The van der Waals surface area contributed by atoms with Crippen LogP contribution in [0.15, 0.2) is 47.0 Å². The van der Waals surface area contributed by atoms with E-state index in [-0.39, 0.29) is 17.9 Å². The summed E-state index contributed by atoms with van der Waals surface area (Å²) in [5.74, 6) is -0.0718. The molecule has 2 amide bonds. The van der Waals surface area contributed by atoms with Crippen molar-refractivity contribution in [2.75, 3.05) is 18.5 Å². The van der Waals surface area contributed by atoms with Crippen molar-refractivity contribution in [3.8, 4) is 0 Å². The van der Waals surface area contributed by atoms with Gasteiger partial charge in [0, 0.05) is 18.8 Å². The number of carbonyl (C=O) groups is 2. The lowest BCUT2D eigenvalue weighted by Gasteiger charge is -2.27. The Hall–Kier alpha value is -2.93. The number of fused-ring (bicyclic) bond motifs is 1. The minimum atomic E-state index is -0.732. The fourth-order valence-corrected chi connectivity index (χ4v) is 5.11. The van der Waals surface area contributed by atoms with E-state index in [1.54, 1.807) is 16.8 Å². The van der Waals surface area contributed by atoms with Crippen molar-refractivity contribution in [3.63, 3.8) is 0 Å². The SMILES string of the molecule is Cc1cc(CN(C)C(=O)C2C3C(=O)N(c4ccc(C(C)C)cc4)C[C@]34C=C[C@H]2O4)no1. The fraction of sp³-hybridized carbons (Fsp3) is 0.458. The van der Waals surface area contributed by atoms with Crippen molar-refractivity contribution >= 4 is 17.5 Å². The zero-order chi connectivity index (χ0) is 21.9. The van der Waals surface area contributed by atoms with Gasteiger partial charge in [-0.15, -0.1) is 0 Å². The van der Waals surface area contributed by atoms with Crippen LogP contribution in [0.3, 0.4) is 0 Å². The summed E-state index contributed by atoms with van der Waals surface area (Å²) in [6, 6.07) is 9.90. The molecule has 0 aliphatic carbocycles. The van der Waals surface area contributed by atoms with E-state index >= 15 is 0 Å². The van der Waals surface area contributed by atoms with Crippen molar-refractivity contribution in [2.24, 2.45) is 11.8 Å². The van der Waals surface area contributed by atoms with Crippen LogP contribution in [0.1, 0.15) is 36.8 Å². The van der Waals surface area contributed by atoms with Gasteiger partial charge >= 0.3 is 0 Å². The minimum absolute atomic E-state index is 0.0480. The van der Waals surface area contributed by atoms with Crippen molar-refractivity contribution in [1.29, 1.82) is 0 Å². The first kappa shape index (κ1) is 20.0. The van der Waals surface area contributed by atoms with Crippen molar-refractivity contribution in [1.82, 2.24) is 10.1 Å². The summed E-state index contributed by atoms with van der Waals surface area (Å²) in [5.41, 5.74) is 2.02. The maximum Gasteiger partial charge on any atom is 0.234 e. The first-order valence-corrected chi connectivity index (χ1v) is 10.7. The van der Waals surface area contributed by atoms with E-state index in [2.05, 4.69) is 31.1 Å². The van der Waals surface area contributed by atoms with Crippen LogP contribution in [0.5, 0.6) is 0 Å². The molecule has 162 valence electrons. The van der Waals surface area contributed by atoms with E-state index in [4.69, 9.17) is 9.26 Å². The maximum atomic E-state index is 13.5. The lowest BCUT2D eigenvalue weighted by atomic mass is 9.76. The van der Waals surface area contributed by atoms with Gasteiger partial charge in [0.15, 0.2) is 0 Å². The van der Waals surface area contributed by atoms with E-state index in [0.717, 1.165) is 5.69 Å². The Morgan fingerprint density at radius 2 is 2.06 bits per heavy atom. The summed E-state index contributed by atoms with van der Waals surface area (Å²) < 4.78 is 11.4. The molecule has 4 atom stereocenters. The van der Waals surface area contributed by atoms with Crippen LogP contribution in [0.4, 0.5) is 5.69 Å². The predicted molar refractivity (Wildman–Crippen MR) is 114 cm³/mol. The molecule has 4 heterocycles. The molecule has 31 heavy (non-hydrogen) atoms. The van der Waals surface area contributed by atoms with Crippen LogP contribution in [0.25, 0.3) is 0 Å². The third-order valence-corrected chi connectivity index (χ3v) is 6.71. The average molecular weight is 421 g/mol. The highest BCUT2D eigenvalue weighted by atomic mass is 16.5. The number of hydrogen-bond acceptors (Lipinski definition) is 5. The Morgan fingerprint density at radius 3 is 2.71 bits per heavy atom. The maximum absolute atomic E-state index is 13.5. The molecule has 3 aliphatic heterocycles. The van der Waals surface area contributed by atoms with Gasteiger partial charge in [0.1, 0.15) is 17.1 Å². The van der Waals surface area contributed by atoms with Gasteiger partial charge in [-0.05, 0) is 30.5 Å². The number of ether oxygens (including phenoxy) is 1. The molecule has 5 rings (SSSR count). The molecular weight excluding hydrogens is 394 g/mol. The van der Waals surface area contributed by atoms with Crippen LogP contribution in [0, 0.1) is 18.8 Å². The Balaban J connectivity index is 1.39. The number of aryl methyl sites for hydroxylation is 1. The molecule has 7 nitrogen and oxygen atoms in total. The number of hydrogen-bond donors (Lipinski definition) is 0. The smallest absolute Gasteiger partial charge is 0.234 e. The van der Waals surface area contributed by atoms with E-state index in [1.807, 2.05) is 37.3 Å². The molecule has 2 saturated heterocycles. The number of aromatic nitrogens is 1. The second kappa shape index (κ2) is 7.05. The number of rotatable bonds is 5. The molecule has 0 saturated carbocycles. The summed E-state index contributed by atoms with van der Waals surface area (Å²) >= 11 is 0. The second-order valence-corrected chi connectivity index (χ2v) is 9.19. The highest BCUT2D eigenvalue weighted by molar-refractivity contribution is 6.03. The van der Waals surface area contributed by atoms with Gasteiger partial charge in [-0.25, -0.2) is 0 Å². The first-order valence-electron chi connectivity index (χ1n) is 10.7. The van der Waals surface area contributed by atoms with E-state index < -0.39 is 17.4 Å². The number of benzene rings is 1. The van der Waals surface area contributed by atoms with Crippen molar-refractivity contribution < 1.29 is 18.8 Å². The van der Waals surface area contributed by atoms with Gasteiger partial charge in [0.05, 0.1) is 31.0 Å². The Bertz CT molecular complexity index is 1060. The van der Waals surface area contributed by atoms with Crippen LogP contribution >= 0.6 is 0 Å². The molecule has 1 aromatic heterocycles. The Kier molecular flexibility index (Phi) is 4.55. The van der Waals surface area contributed by atoms with Gasteiger partial charge in [0.25, 0.3) is 0 Å². The van der Waals surface area contributed by atoms with Gasteiger partial charge in [-0.1, -0.05) is 43.3 Å². The highest BCUT2D eigenvalue weighted by Gasteiger charge is 2.67. The molecule has 2 unspecified atom stereocenters. The van der Waals surface area contributed by atoms with Gasteiger partial charge in [-0.2, -0.15) is 0 Å². The molecule has 3 aliphatic rings. The Labute approximate surface area is 181 Å². The second-order valence-electron chi connectivity index (χ2n) is 9.19. The monoisotopic (exact) mass is 421 g/mol. The van der Waals surface area contributed by atoms with E-state index in [9.17, 15) is 9.59 Å². The lowest BCUT2D eigenvalue weighted by molar-refractivity contribution is -0.139. The fourth-order valence-electron chi connectivity index (χ4n) is 5.11. The third-order valence-electron chi connectivity index (χ3n) is 6.71. The molecule has 2 aromatic rings. The molecular formula is C24H27N3O4. The van der Waals surface area contributed by atoms with Gasteiger partial charge in [-0.3, -0.25) is 9.59 Å². The number of nitrogens with zero attached hydrogens (tertiary/aromatic N) is 3. The predicted octanol–water partition coefficient (Wildman–Crippen LogP) is 3.05. The van der Waals surface area contributed by atoms with Gasteiger partial charge < -0.3 is 19.1 Å². The van der Waals surface area contributed by atoms with E-state index in [1.165, 1.54) is 5.56 Å². The molecule has 0 N–H and O–H groups in total. The highest BCUT2D eigenvalue weighted by Crippen LogP contribution is 2.53. The number of amides is 2. The Morgan fingerprint density at radius 1 is 1.32 bits per heavy atom. The molecule has 1 aromatic carbocycles.